The highest BCUT2D eigenvalue weighted by molar-refractivity contribution is 5.98. The smallest absolute Gasteiger partial charge is 0.407 e. The van der Waals surface area contributed by atoms with Crippen molar-refractivity contribution >= 4 is 17.7 Å². The predicted molar refractivity (Wildman–Crippen MR) is 72.1 cm³/mol. The number of benzene rings is 1. The summed E-state index contributed by atoms with van der Waals surface area (Å²) in [6, 6.07) is 5.38. The average Bonchev–Trinajstić information content (AvgIpc) is 2.85. The summed E-state index contributed by atoms with van der Waals surface area (Å²) in [6.45, 7) is 4.18. The molecule has 0 saturated carbocycles. The van der Waals surface area contributed by atoms with E-state index < -0.39 is 12.1 Å². The summed E-state index contributed by atoms with van der Waals surface area (Å²) in [4.78, 5) is 23.0. The van der Waals surface area contributed by atoms with Crippen LogP contribution < -0.4 is 10.6 Å². The molecule has 1 aromatic rings. The molecule has 2 N–H and O–H groups in total. The van der Waals surface area contributed by atoms with E-state index in [4.69, 9.17) is 4.74 Å². The van der Waals surface area contributed by atoms with Crippen LogP contribution in [-0.4, -0.2) is 24.6 Å². The number of nitrogens with one attached hydrogen (secondary N) is 2. The summed E-state index contributed by atoms with van der Waals surface area (Å²) >= 11 is 0. The SMILES string of the molecule is CCc1cccc(CC)c1NC(=O)C1COC(=O)N1. The third-order valence-electron chi connectivity index (χ3n) is 3.24. The largest absolute Gasteiger partial charge is 0.447 e. The van der Waals surface area contributed by atoms with Gasteiger partial charge < -0.3 is 15.4 Å². The molecule has 0 bridgehead atoms. The van der Waals surface area contributed by atoms with E-state index in [1.165, 1.54) is 0 Å². The van der Waals surface area contributed by atoms with Gasteiger partial charge in [-0.2, -0.15) is 0 Å². The fourth-order valence-electron chi connectivity index (χ4n) is 2.14. The quantitative estimate of drug-likeness (QED) is 0.870. The van der Waals surface area contributed by atoms with Crippen LogP contribution in [0.3, 0.4) is 0 Å². The van der Waals surface area contributed by atoms with Gasteiger partial charge in [-0.1, -0.05) is 32.0 Å². The van der Waals surface area contributed by atoms with Gasteiger partial charge in [-0.15, -0.1) is 0 Å². The van der Waals surface area contributed by atoms with Gasteiger partial charge in [0.1, 0.15) is 12.6 Å². The van der Waals surface area contributed by atoms with Crippen LogP contribution >= 0.6 is 0 Å². The second kappa shape index (κ2) is 5.73. The molecule has 5 nitrogen and oxygen atoms in total. The van der Waals surface area contributed by atoms with Crippen LogP contribution in [0.4, 0.5) is 10.5 Å². The molecule has 1 saturated heterocycles. The van der Waals surface area contributed by atoms with Crippen molar-refractivity contribution in [2.45, 2.75) is 32.7 Å². The molecule has 1 aromatic carbocycles. The fourth-order valence-corrected chi connectivity index (χ4v) is 2.14. The first-order valence-electron chi connectivity index (χ1n) is 6.50. The number of carbonyl (C=O) groups is 2. The lowest BCUT2D eigenvalue weighted by Gasteiger charge is -2.16. The Morgan fingerprint density at radius 2 is 2.00 bits per heavy atom. The zero-order valence-electron chi connectivity index (χ0n) is 11.2. The first-order chi connectivity index (χ1) is 9.15. The topological polar surface area (TPSA) is 67.4 Å². The van der Waals surface area contributed by atoms with Gasteiger partial charge in [-0.05, 0) is 24.0 Å². The number of alkyl carbamates (subject to hydrolysis) is 1. The first kappa shape index (κ1) is 13.4. The minimum absolute atomic E-state index is 0.0837. The molecule has 1 unspecified atom stereocenters. The standard InChI is InChI=1S/C14H18N2O3/c1-3-9-6-5-7-10(4-2)12(9)16-13(17)11-8-19-14(18)15-11/h5-7,11H,3-4,8H2,1-2H3,(H,15,18)(H,16,17). The van der Waals surface area contributed by atoms with Crippen LogP contribution in [0.15, 0.2) is 18.2 Å². The summed E-state index contributed by atoms with van der Waals surface area (Å²) in [6.07, 6.45) is 1.15. The second-order valence-electron chi connectivity index (χ2n) is 4.44. The van der Waals surface area contributed by atoms with Crippen molar-refractivity contribution < 1.29 is 14.3 Å². The molecule has 2 rings (SSSR count). The second-order valence-corrected chi connectivity index (χ2v) is 4.44. The van der Waals surface area contributed by atoms with Crippen molar-refractivity contribution in [3.63, 3.8) is 0 Å². The Morgan fingerprint density at radius 3 is 2.47 bits per heavy atom. The van der Waals surface area contributed by atoms with Gasteiger partial charge in [0.2, 0.25) is 0 Å². The Balaban J connectivity index is 2.18. The van der Waals surface area contributed by atoms with E-state index in [9.17, 15) is 9.59 Å². The van der Waals surface area contributed by atoms with Crippen molar-refractivity contribution in [2.75, 3.05) is 11.9 Å². The highest BCUT2D eigenvalue weighted by Gasteiger charge is 2.29. The number of carbonyl (C=O) groups excluding carboxylic acids is 2. The Bertz CT molecular complexity index is 477. The Labute approximate surface area is 112 Å². The number of hydrogen-bond acceptors (Lipinski definition) is 3. The van der Waals surface area contributed by atoms with Crippen LogP contribution in [0.2, 0.25) is 0 Å². The number of para-hydroxylation sites is 1. The molecule has 1 fully saturated rings. The zero-order valence-corrected chi connectivity index (χ0v) is 11.2. The molecule has 0 spiro atoms. The predicted octanol–water partition coefficient (Wildman–Crippen LogP) is 1.86. The molecule has 2 amide bonds. The average molecular weight is 262 g/mol. The van der Waals surface area contributed by atoms with Gasteiger partial charge >= 0.3 is 6.09 Å². The number of amides is 2. The Hall–Kier alpha value is -2.04. The van der Waals surface area contributed by atoms with E-state index in [0.29, 0.717) is 0 Å². The summed E-state index contributed by atoms with van der Waals surface area (Å²) in [5, 5.41) is 5.39. The maximum Gasteiger partial charge on any atom is 0.407 e. The van der Waals surface area contributed by atoms with E-state index in [1.807, 2.05) is 32.0 Å². The maximum absolute atomic E-state index is 12.1. The fraction of sp³-hybridized carbons (Fsp3) is 0.429. The Morgan fingerprint density at radius 1 is 1.37 bits per heavy atom. The van der Waals surface area contributed by atoms with Gasteiger partial charge in [0.25, 0.3) is 5.91 Å². The third kappa shape index (κ3) is 2.86. The molecular formula is C14H18N2O3. The number of ether oxygens (including phenoxy) is 1. The van der Waals surface area contributed by atoms with Gasteiger partial charge in [0.15, 0.2) is 0 Å². The lowest BCUT2D eigenvalue weighted by Crippen LogP contribution is -2.39. The lowest BCUT2D eigenvalue weighted by atomic mass is 10.0. The molecule has 1 aliphatic rings. The van der Waals surface area contributed by atoms with Crippen molar-refractivity contribution in [1.82, 2.24) is 5.32 Å². The molecule has 5 heteroatoms. The summed E-state index contributed by atoms with van der Waals surface area (Å²) < 4.78 is 4.73. The minimum Gasteiger partial charge on any atom is -0.447 e. The highest BCUT2D eigenvalue weighted by Crippen LogP contribution is 2.23. The monoisotopic (exact) mass is 262 g/mol. The van der Waals surface area contributed by atoms with Crippen molar-refractivity contribution in [3.8, 4) is 0 Å². The van der Waals surface area contributed by atoms with Gasteiger partial charge in [0, 0.05) is 5.69 Å². The number of anilines is 1. The summed E-state index contributed by atoms with van der Waals surface area (Å²) in [5.41, 5.74) is 3.05. The van der Waals surface area contributed by atoms with E-state index in [0.717, 1.165) is 29.7 Å². The van der Waals surface area contributed by atoms with Crippen molar-refractivity contribution in [3.05, 3.63) is 29.3 Å². The van der Waals surface area contributed by atoms with Crippen LogP contribution in [0, 0.1) is 0 Å². The number of cyclic esters (lactones) is 1. The van der Waals surface area contributed by atoms with Gasteiger partial charge in [-0.3, -0.25) is 4.79 Å². The molecule has 0 aromatic heterocycles. The molecule has 0 aliphatic carbocycles. The van der Waals surface area contributed by atoms with Crippen LogP contribution in [0.5, 0.6) is 0 Å². The normalized spacial score (nSPS) is 17.8. The van der Waals surface area contributed by atoms with Gasteiger partial charge in [-0.25, -0.2) is 4.79 Å². The zero-order chi connectivity index (χ0) is 13.8. The lowest BCUT2D eigenvalue weighted by molar-refractivity contribution is -0.117. The summed E-state index contributed by atoms with van der Waals surface area (Å²) in [5.74, 6) is -0.235. The molecule has 102 valence electrons. The third-order valence-corrected chi connectivity index (χ3v) is 3.24. The van der Waals surface area contributed by atoms with E-state index in [1.54, 1.807) is 0 Å². The minimum atomic E-state index is -0.609. The number of aryl methyl sites for hydroxylation is 2. The summed E-state index contributed by atoms with van der Waals surface area (Å²) in [7, 11) is 0. The van der Waals surface area contributed by atoms with E-state index >= 15 is 0 Å². The van der Waals surface area contributed by atoms with Crippen LogP contribution in [0.25, 0.3) is 0 Å². The Kier molecular flexibility index (Phi) is 4.04. The highest BCUT2D eigenvalue weighted by atomic mass is 16.6. The molecule has 1 atom stereocenters. The number of rotatable bonds is 4. The molecular weight excluding hydrogens is 244 g/mol. The van der Waals surface area contributed by atoms with Gasteiger partial charge in [0.05, 0.1) is 0 Å². The van der Waals surface area contributed by atoms with Crippen molar-refractivity contribution in [2.24, 2.45) is 0 Å². The van der Waals surface area contributed by atoms with Crippen molar-refractivity contribution in [1.29, 1.82) is 0 Å². The maximum atomic E-state index is 12.1. The molecule has 0 radical (unpaired) electrons. The van der Waals surface area contributed by atoms with Crippen LogP contribution in [-0.2, 0) is 22.4 Å². The first-order valence-corrected chi connectivity index (χ1v) is 6.50. The van der Waals surface area contributed by atoms with Crippen LogP contribution in [0.1, 0.15) is 25.0 Å². The molecule has 19 heavy (non-hydrogen) atoms. The van der Waals surface area contributed by atoms with E-state index in [2.05, 4.69) is 10.6 Å². The number of hydrogen-bond donors (Lipinski definition) is 2. The molecule has 1 heterocycles. The molecule has 1 aliphatic heterocycles. The van der Waals surface area contributed by atoms with E-state index in [-0.39, 0.29) is 12.5 Å².